The van der Waals surface area contributed by atoms with Gasteiger partial charge in [0.2, 0.25) is 5.82 Å². The fourth-order valence-electron chi connectivity index (χ4n) is 1.73. The van der Waals surface area contributed by atoms with E-state index in [-0.39, 0.29) is 5.56 Å². The van der Waals surface area contributed by atoms with Crippen LogP contribution in [-0.2, 0) is 0 Å². The van der Waals surface area contributed by atoms with Crippen LogP contribution >= 0.6 is 11.3 Å². The zero-order valence-electron chi connectivity index (χ0n) is 10.4. The maximum absolute atomic E-state index is 11.0. The van der Waals surface area contributed by atoms with Gasteiger partial charge in [-0.2, -0.15) is 4.98 Å². The molecule has 100 valence electrons. The molecule has 3 aromatic rings. The summed E-state index contributed by atoms with van der Waals surface area (Å²) in [5.74, 6) is -0.245. The van der Waals surface area contributed by atoms with E-state index in [0.29, 0.717) is 17.3 Å². The molecule has 0 atom stereocenters. The van der Waals surface area contributed by atoms with Crippen molar-refractivity contribution in [3.05, 3.63) is 41.0 Å². The minimum absolute atomic E-state index is 0.183. The molecule has 0 amide bonds. The third kappa shape index (κ3) is 2.19. The van der Waals surface area contributed by atoms with Gasteiger partial charge in [-0.25, -0.2) is 9.78 Å². The fraction of sp³-hybridized carbons (Fsp3) is 0.0769. The molecule has 0 saturated carbocycles. The van der Waals surface area contributed by atoms with Crippen molar-refractivity contribution in [2.75, 3.05) is 0 Å². The number of benzene rings is 1. The van der Waals surface area contributed by atoms with E-state index in [9.17, 15) is 4.79 Å². The molecule has 1 aromatic carbocycles. The highest BCUT2D eigenvalue weighted by Crippen LogP contribution is 2.27. The number of rotatable bonds is 3. The van der Waals surface area contributed by atoms with Crippen molar-refractivity contribution in [3.8, 4) is 22.2 Å². The van der Waals surface area contributed by atoms with Gasteiger partial charge < -0.3 is 9.63 Å². The van der Waals surface area contributed by atoms with Gasteiger partial charge in [-0.3, -0.25) is 0 Å². The Morgan fingerprint density at radius 2 is 2.25 bits per heavy atom. The topological polar surface area (TPSA) is 89.1 Å². The molecule has 0 unspecified atom stereocenters. The first kappa shape index (κ1) is 12.5. The second kappa shape index (κ2) is 4.86. The van der Waals surface area contributed by atoms with Crippen molar-refractivity contribution in [1.29, 1.82) is 0 Å². The van der Waals surface area contributed by atoms with Crippen LogP contribution in [0.3, 0.4) is 0 Å². The molecule has 0 aliphatic carbocycles. The molecular weight excluding hydrogens is 278 g/mol. The summed E-state index contributed by atoms with van der Waals surface area (Å²) in [4.78, 5) is 20.2. The highest BCUT2D eigenvalue weighted by atomic mass is 32.1. The third-order valence-electron chi connectivity index (χ3n) is 2.73. The van der Waals surface area contributed by atoms with Crippen LogP contribution in [0.2, 0.25) is 0 Å². The fourth-order valence-corrected chi connectivity index (χ4v) is 2.45. The predicted octanol–water partition coefficient (Wildman–Crippen LogP) is 2.87. The highest BCUT2D eigenvalue weighted by molar-refractivity contribution is 7.13. The normalized spacial score (nSPS) is 10.7. The number of carbonyl (C=O) groups is 1. The largest absolute Gasteiger partial charge is 0.478 e. The molecule has 2 heterocycles. The van der Waals surface area contributed by atoms with Gasteiger partial charge in [-0.15, -0.1) is 11.3 Å². The lowest BCUT2D eigenvalue weighted by Gasteiger charge is -1.96. The average molecular weight is 287 g/mol. The molecule has 0 spiro atoms. The van der Waals surface area contributed by atoms with Crippen LogP contribution in [0, 0.1) is 6.92 Å². The quantitative estimate of drug-likeness (QED) is 0.796. The van der Waals surface area contributed by atoms with Crippen molar-refractivity contribution in [2.45, 2.75) is 6.92 Å². The molecule has 0 bridgehead atoms. The van der Waals surface area contributed by atoms with Crippen LogP contribution in [0.4, 0.5) is 0 Å². The Bertz CT molecular complexity index is 779. The number of carboxylic acid groups (broad SMARTS) is 1. The molecule has 2 aromatic heterocycles. The SMILES string of the molecule is Cc1ncsc1-c1nc(-c2cccc(C(=O)O)c2)no1. The molecule has 7 heteroatoms. The summed E-state index contributed by atoms with van der Waals surface area (Å²) in [6.07, 6.45) is 0. The van der Waals surface area contributed by atoms with Gasteiger partial charge in [-0.05, 0) is 19.1 Å². The van der Waals surface area contributed by atoms with Gasteiger partial charge in [-0.1, -0.05) is 17.3 Å². The van der Waals surface area contributed by atoms with Gasteiger partial charge in [0, 0.05) is 5.56 Å². The molecule has 0 saturated heterocycles. The standard InChI is InChI=1S/C13H9N3O3S/c1-7-10(20-6-14-7)12-15-11(16-19-12)8-3-2-4-9(5-8)13(17)18/h2-6H,1H3,(H,17,18). The maximum Gasteiger partial charge on any atom is 0.335 e. The molecule has 0 aliphatic rings. The van der Waals surface area contributed by atoms with Crippen LogP contribution in [0.1, 0.15) is 16.1 Å². The smallest absolute Gasteiger partial charge is 0.335 e. The van der Waals surface area contributed by atoms with Crippen molar-refractivity contribution in [2.24, 2.45) is 0 Å². The van der Waals surface area contributed by atoms with E-state index in [2.05, 4.69) is 15.1 Å². The van der Waals surface area contributed by atoms with Gasteiger partial charge in [0.1, 0.15) is 4.88 Å². The summed E-state index contributed by atoms with van der Waals surface area (Å²) in [5.41, 5.74) is 3.31. The van der Waals surface area contributed by atoms with Crippen molar-refractivity contribution in [1.82, 2.24) is 15.1 Å². The van der Waals surface area contributed by atoms with E-state index < -0.39 is 5.97 Å². The number of hydrogen-bond acceptors (Lipinski definition) is 6. The Kier molecular flexibility index (Phi) is 3.03. The lowest BCUT2D eigenvalue weighted by molar-refractivity contribution is 0.0697. The average Bonchev–Trinajstić information content (AvgIpc) is 3.07. The summed E-state index contributed by atoms with van der Waals surface area (Å²) < 4.78 is 5.21. The summed E-state index contributed by atoms with van der Waals surface area (Å²) in [5, 5.41) is 12.9. The Hall–Kier alpha value is -2.54. The van der Waals surface area contributed by atoms with Gasteiger partial charge in [0.05, 0.1) is 16.8 Å². The van der Waals surface area contributed by atoms with Crippen molar-refractivity contribution < 1.29 is 14.4 Å². The van der Waals surface area contributed by atoms with E-state index >= 15 is 0 Å². The summed E-state index contributed by atoms with van der Waals surface area (Å²) in [6, 6.07) is 6.41. The summed E-state index contributed by atoms with van der Waals surface area (Å²) >= 11 is 1.42. The number of hydrogen-bond donors (Lipinski definition) is 1. The zero-order chi connectivity index (χ0) is 14.1. The van der Waals surface area contributed by atoms with Crippen LogP contribution in [0.15, 0.2) is 34.3 Å². The van der Waals surface area contributed by atoms with Crippen molar-refractivity contribution in [3.63, 3.8) is 0 Å². The number of aromatic carboxylic acids is 1. The van der Waals surface area contributed by atoms with Crippen LogP contribution in [0.5, 0.6) is 0 Å². The minimum Gasteiger partial charge on any atom is -0.478 e. The zero-order valence-corrected chi connectivity index (χ0v) is 11.2. The van der Waals surface area contributed by atoms with E-state index in [1.54, 1.807) is 17.6 Å². The second-order valence-corrected chi connectivity index (χ2v) is 4.93. The molecule has 3 rings (SSSR count). The number of nitrogens with zero attached hydrogens (tertiary/aromatic N) is 3. The monoisotopic (exact) mass is 287 g/mol. The lowest BCUT2D eigenvalue weighted by Crippen LogP contribution is -1.96. The predicted molar refractivity (Wildman–Crippen MR) is 72.5 cm³/mol. The van der Waals surface area contributed by atoms with Crippen LogP contribution < -0.4 is 0 Å². The molecule has 6 nitrogen and oxygen atoms in total. The highest BCUT2D eigenvalue weighted by Gasteiger charge is 2.15. The van der Waals surface area contributed by atoms with Crippen LogP contribution in [0.25, 0.3) is 22.2 Å². The summed E-state index contributed by atoms with van der Waals surface area (Å²) in [6.45, 7) is 1.86. The number of aryl methyl sites for hydroxylation is 1. The number of aromatic nitrogens is 3. The Morgan fingerprint density at radius 3 is 2.95 bits per heavy atom. The first-order valence-corrected chi connectivity index (χ1v) is 6.61. The molecule has 0 aliphatic heterocycles. The van der Waals surface area contributed by atoms with Gasteiger partial charge in [0.25, 0.3) is 5.89 Å². The Morgan fingerprint density at radius 1 is 1.40 bits per heavy atom. The number of carboxylic acids is 1. The molecule has 20 heavy (non-hydrogen) atoms. The van der Waals surface area contributed by atoms with E-state index in [4.69, 9.17) is 9.63 Å². The summed E-state index contributed by atoms with van der Waals surface area (Å²) in [7, 11) is 0. The minimum atomic E-state index is -0.992. The molecular formula is C13H9N3O3S. The van der Waals surface area contributed by atoms with E-state index in [1.165, 1.54) is 23.5 Å². The molecule has 1 N–H and O–H groups in total. The Labute approximate surface area is 117 Å². The van der Waals surface area contributed by atoms with Crippen LogP contribution in [-0.4, -0.2) is 26.2 Å². The Balaban J connectivity index is 2.00. The third-order valence-corrected chi connectivity index (χ3v) is 3.65. The molecule has 0 fully saturated rings. The van der Waals surface area contributed by atoms with Gasteiger partial charge in [0.15, 0.2) is 0 Å². The second-order valence-electron chi connectivity index (χ2n) is 4.08. The maximum atomic E-state index is 11.0. The van der Waals surface area contributed by atoms with E-state index in [1.807, 2.05) is 6.92 Å². The van der Waals surface area contributed by atoms with Crippen molar-refractivity contribution >= 4 is 17.3 Å². The van der Waals surface area contributed by atoms with E-state index in [0.717, 1.165) is 10.6 Å². The first-order chi connectivity index (χ1) is 9.65. The first-order valence-electron chi connectivity index (χ1n) is 5.73. The van der Waals surface area contributed by atoms with Gasteiger partial charge >= 0.3 is 5.97 Å². The number of thiazole rings is 1. The molecule has 0 radical (unpaired) electrons. The lowest BCUT2D eigenvalue weighted by atomic mass is 10.1.